The van der Waals surface area contributed by atoms with E-state index in [2.05, 4.69) is 20.9 Å². The Morgan fingerprint density at radius 2 is 2.29 bits per heavy atom. The van der Waals surface area contributed by atoms with Gasteiger partial charge in [-0.1, -0.05) is 27.5 Å². The normalized spacial score (nSPS) is 10.6. The van der Waals surface area contributed by atoms with Crippen molar-refractivity contribution >= 4 is 33.8 Å². The van der Waals surface area contributed by atoms with E-state index >= 15 is 0 Å². The van der Waals surface area contributed by atoms with Gasteiger partial charge in [-0.2, -0.15) is 0 Å². The number of carbonyl (C=O) groups is 1. The Kier molecular flexibility index (Phi) is 3.95. The molecule has 0 saturated carbocycles. The van der Waals surface area contributed by atoms with Gasteiger partial charge in [-0.15, -0.1) is 0 Å². The van der Waals surface area contributed by atoms with E-state index in [0.29, 0.717) is 17.2 Å². The third-order valence-corrected chi connectivity index (χ3v) is 2.49. The summed E-state index contributed by atoms with van der Waals surface area (Å²) >= 11 is 8.71. The third-order valence-electron chi connectivity index (χ3n) is 1.61. The topological polar surface area (TPSA) is 30.0 Å². The summed E-state index contributed by atoms with van der Waals surface area (Å²) in [6.45, 7) is 0. The Balaban J connectivity index is 3.31. The summed E-state index contributed by atoms with van der Waals surface area (Å²) in [7, 11) is 0. The van der Waals surface area contributed by atoms with Crippen LogP contribution in [0.4, 0.5) is 8.78 Å². The van der Waals surface area contributed by atoms with Crippen molar-refractivity contribution in [3.05, 3.63) is 28.0 Å². The smallest absolute Gasteiger partial charge is 0.280 e. The lowest BCUT2D eigenvalue weighted by Gasteiger charge is -2.06. The standard InChI is InChI=1S/C8H5BrClF2NO/c9-2-5-4(3-14)1-6(8(11)12)13-7(5)10/h1,3,8H,2H2. The maximum atomic E-state index is 12.3. The quantitative estimate of drug-likeness (QED) is 0.484. The Morgan fingerprint density at radius 1 is 1.64 bits per heavy atom. The van der Waals surface area contributed by atoms with Crippen molar-refractivity contribution in [2.75, 3.05) is 0 Å². The number of nitrogens with zero attached hydrogens (tertiary/aromatic N) is 1. The van der Waals surface area contributed by atoms with Crippen LogP contribution in [0.5, 0.6) is 0 Å². The summed E-state index contributed by atoms with van der Waals surface area (Å²) in [5.74, 6) is 0. The lowest BCUT2D eigenvalue weighted by molar-refractivity contribution is 0.112. The second kappa shape index (κ2) is 4.79. The van der Waals surface area contributed by atoms with E-state index in [9.17, 15) is 13.6 Å². The summed E-state index contributed by atoms with van der Waals surface area (Å²) in [5.41, 5.74) is 0.0741. The number of alkyl halides is 3. The number of aromatic nitrogens is 1. The first kappa shape index (κ1) is 11.5. The zero-order chi connectivity index (χ0) is 10.7. The maximum Gasteiger partial charge on any atom is 0.280 e. The minimum atomic E-state index is -2.73. The maximum absolute atomic E-state index is 12.3. The molecule has 0 unspecified atom stereocenters. The molecule has 76 valence electrons. The monoisotopic (exact) mass is 283 g/mol. The van der Waals surface area contributed by atoms with Crippen LogP contribution in [0, 0.1) is 0 Å². The van der Waals surface area contributed by atoms with Crippen LogP contribution in [0.3, 0.4) is 0 Å². The van der Waals surface area contributed by atoms with Crippen LogP contribution in [0.2, 0.25) is 5.15 Å². The van der Waals surface area contributed by atoms with Gasteiger partial charge in [0.25, 0.3) is 6.43 Å². The highest BCUT2D eigenvalue weighted by Crippen LogP contribution is 2.25. The Labute approximate surface area is 92.4 Å². The first-order chi connectivity index (χ1) is 6.60. The Hall–Kier alpha value is -0.550. The number of halogens is 4. The zero-order valence-corrected chi connectivity index (χ0v) is 9.15. The van der Waals surface area contributed by atoms with E-state index in [0.717, 1.165) is 6.07 Å². The minimum absolute atomic E-state index is 0.0678. The molecule has 1 aromatic heterocycles. The largest absolute Gasteiger partial charge is 0.298 e. The number of aldehydes is 1. The van der Waals surface area contributed by atoms with Crippen molar-refractivity contribution in [2.24, 2.45) is 0 Å². The highest BCUT2D eigenvalue weighted by Gasteiger charge is 2.15. The molecule has 0 aliphatic rings. The van der Waals surface area contributed by atoms with Gasteiger partial charge in [0.15, 0.2) is 6.29 Å². The van der Waals surface area contributed by atoms with Crippen molar-refractivity contribution in [1.82, 2.24) is 4.98 Å². The van der Waals surface area contributed by atoms with Gasteiger partial charge in [0.1, 0.15) is 10.8 Å². The van der Waals surface area contributed by atoms with E-state index in [-0.39, 0.29) is 10.7 Å². The first-order valence-electron chi connectivity index (χ1n) is 3.58. The van der Waals surface area contributed by atoms with Crippen LogP contribution in [0.25, 0.3) is 0 Å². The van der Waals surface area contributed by atoms with Crippen LogP contribution in [0.15, 0.2) is 6.07 Å². The molecule has 1 heterocycles. The first-order valence-corrected chi connectivity index (χ1v) is 5.08. The molecule has 0 amide bonds. The van der Waals surface area contributed by atoms with Crippen molar-refractivity contribution in [3.63, 3.8) is 0 Å². The Bertz CT molecular complexity index is 359. The van der Waals surface area contributed by atoms with Gasteiger partial charge in [0.05, 0.1) is 0 Å². The highest BCUT2D eigenvalue weighted by molar-refractivity contribution is 9.08. The second-order valence-electron chi connectivity index (χ2n) is 2.46. The molecule has 0 fully saturated rings. The van der Waals surface area contributed by atoms with Gasteiger partial charge in [-0.3, -0.25) is 4.79 Å². The van der Waals surface area contributed by atoms with E-state index in [1.54, 1.807) is 0 Å². The fraction of sp³-hybridized carbons (Fsp3) is 0.250. The van der Waals surface area contributed by atoms with Gasteiger partial charge >= 0.3 is 0 Å². The van der Waals surface area contributed by atoms with E-state index in [4.69, 9.17) is 11.6 Å². The minimum Gasteiger partial charge on any atom is -0.298 e. The van der Waals surface area contributed by atoms with Crippen LogP contribution in [-0.2, 0) is 5.33 Å². The Morgan fingerprint density at radius 3 is 2.71 bits per heavy atom. The predicted octanol–water partition coefficient (Wildman–Crippen LogP) is 3.38. The number of hydrogen-bond donors (Lipinski definition) is 0. The van der Waals surface area contributed by atoms with Gasteiger partial charge in [-0.25, -0.2) is 13.8 Å². The number of carbonyl (C=O) groups excluding carboxylic acids is 1. The average molecular weight is 284 g/mol. The molecule has 1 aromatic rings. The fourth-order valence-electron chi connectivity index (χ4n) is 0.928. The van der Waals surface area contributed by atoms with Gasteiger partial charge in [0, 0.05) is 16.5 Å². The summed E-state index contributed by atoms with van der Waals surface area (Å²) in [6.07, 6.45) is -2.24. The van der Waals surface area contributed by atoms with Crippen LogP contribution < -0.4 is 0 Å². The third kappa shape index (κ3) is 2.27. The lowest BCUT2D eigenvalue weighted by atomic mass is 10.1. The molecule has 0 aliphatic carbocycles. The molecule has 0 spiro atoms. The van der Waals surface area contributed by atoms with E-state index in [1.165, 1.54) is 0 Å². The van der Waals surface area contributed by atoms with Crippen molar-refractivity contribution < 1.29 is 13.6 Å². The van der Waals surface area contributed by atoms with Crippen molar-refractivity contribution in [1.29, 1.82) is 0 Å². The number of hydrogen-bond acceptors (Lipinski definition) is 2. The molecule has 14 heavy (non-hydrogen) atoms. The molecule has 2 nitrogen and oxygen atoms in total. The predicted molar refractivity (Wildman–Crippen MR) is 52.2 cm³/mol. The SMILES string of the molecule is O=Cc1cc(C(F)F)nc(Cl)c1CBr. The summed E-state index contributed by atoms with van der Waals surface area (Å²) in [6, 6.07) is 1.04. The molecular weight excluding hydrogens is 279 g/mol. The lowest BCUT2D eigenvalue weighted by Crippen LogP contribution is -1.99. The molecule has 0 aliphatic heterocycles. The second-order valence-corrected chi connectivity index (χ2v) is 3.38. The summed E-state index contributed by atoms with van der Waals surface area (Å²) in [5, 5.41) is 0.234. The zero-order valence-electron chi connectivity index (χ0n) is 6.81. The van der Waals surface area contributed by atoms with E-state index < -0.39 is 12.1 Å². The fourth-order valence-corrected chi connectivity index (χ4v) is 1.95. The average Bonchev–Trinajstić information content (AvgIpc) is 2.16. The van der Waals surface area contributed by atoms with Gasteiger partial charge in [-0.05, 0) is 6.07 Å². The molecule has 0 bridgehead atoms. The molecule has 0 saturated heterocycles. The molecular formula is C8H5BrClF2NO. The molecule has 0 aromatic carbocycles. The van der Waals surface area contributed by atoms with Crippen molar-refractivity contribution in [2.45, 2.75) is 11.8 Å². The highest BCUT2D eigenvalue weighted by atomic mass is 79.9. The summed E-state index contributed by atoms with van der Waals surface area (Å²) in [4.78, 5) is 14.0. The van der Waals surface area contributed by atoms with Gasteiger partial charge < -0.3 is 0 Å². The molecule has 0 N–H and O–H groups in total. The molecule has 0 radical (unpaired) electrons. The van der Waals surface area contributed by atoms with E-state index in [1.807, 2.05) is 0 Å². The number of rotatable bonds is 3. The molecule has 1 rings (SSSR count). The number of pyridine rings is 1. The van der Waals surface area contributed by atoms with Crippen LogP contribution in [-0.4, -0.2) is 11.3 Å². The van der Waals surface area contributed by atoms with Crippen molar-refractivity contribution in [3.8, 4) is 0 Å². The van der Waals surface area contributed by atoms with Crippen LogP contribution in [0.1, 0.15) is 28.0 Å². The van der Waals surface area contributed by atoms with Gasteiger partial charge in [0.2, 0.25) is 0 Å². The van der Waals surface area contributed by atoms with Crippen LogP contribution >= 0.6 is 27.5 Å². The summed E-state index contributed by atoms with van der Waals surface area (Å²) < 4.78 is 24.5. The molecule has 0 atom stereocenters. The molecule has 6 heteroatoms.